The second-order valence-electron chi connectivity index (χ2n) is 26.0. The van der Waals surface area contributed by atoms with Crippen LogP contribution in [0.3, 0.4) is 0 Å². The number of rotatable bonds is 12. The fourth-order valence-corrected chi connectivity index (χ4v) is 15.3. The van der Waals surface area contributed by atoms with Gasteiger partial charge in [-0.1, -0.05) is 181 Å². The Balaban J connectivity index is 0.769. The van der Waals surface area contributed by atoms with Gasteiger partial charge in [-0.25, -0.2) is 0 Å². The van der Waals surface area contributed by atoms with Gasteiger partial charge in [0.2, 0.25) is 0 Å². The van der Waals surface area contributed by atoms with E-state index in [1.165, 1.54) is 76.3 Å². The van der Waals surface area contributed by atoms with E-state index in [1.807, 2.05) is 0 Å². The molecule has 6 heteroatoms. The minimum absolute atomic E-state index is 1.06. The lowest BCUT2D eigenvalue weighted by Crippen LogP contribution is -2.10. The molecule has 0 bridgehead atoms. The number of anilines is 6. The van der Waals surface area contributed by atoms with Crippen molar-refractivity contribution in [3.63, 3.8) is 0 Å². The molecule has 4 heterocycles. The van der Waals surface area contributed by atoms with E-state index in [4.69, 9.17) is 0 Å². The molecule has 0 N–H and O–H groups in total. The largest absolute Gasteiger partial charge is 0.310 e. The Bertz CT molecular complexity index is 5900. The van der Waals surface area contributed by atoms with Crippen molar-refractivity contribution in [2.75, 3.05) is 9.80 Å². The van der Waals surface area contributed by atoms with Gasteiger partial charge in [0.25, 0.3) is 0 Å². The molecule has 0 saturated carbocycles. The minimum Gasteiger partial charge on any atom is -0.310 e. The molecular weight excluding hydrogens is 1190 g/mol. The maximum absolute atomic E-state index is 2.47. The molecule has 4 aromatic heterocycles. The van der Waals surface area contributed by atoms with E-state index in [-0.39, 0.29) is 0 Å². The minimum atomic E-state index is 1.06. The van der Waals surface area contributed by atoms with Crippen molar-refractivity contribution in [1.82, 2.24) is 18.3 Å². The van der Waals surface area contributed by atoms with Crippen LogP contribution in [-0.4, -0.2) is 18.3 Å². The van der Waals surface area contributed by atoms with Crippen LogP contribution in [0.15, 0.2) is 352 Å². The molecule has 0 spiro atoms. The Labute approximate surface area is 567 Å². The summed E-state index contributed by atoms with van der Waals surface area (Å²) in [5.41, 5.74) is 24.8. The van der Waals surface area contributed by atoms with E-state index in [2.05, 4.69) is 394 Å². The van der Waals surface area contributed by atoms with Gasteiger partial charge < -0.3 is 28.1 Å². The van der Waals surface area contributed by atoms with Crippen LogP contribution in [0.5, 0.6) is 0 Å². The predicted molar refractivity (Wildman–Crippen MR) is 414 cm³/mol. The number of aryl methyl sites for hydroxylation is 2. The Kier molecular flexibility index (Phi) is 13.3. The summed E-state index contributed by atoms with van der Waals surface area (Å²) in [6, 6.07) is 130. The highest BCUT2D eigenvalue weighted by atomic mass is 15.2. The lowest BCUT2D eigenvalue weighted by Gasteiger charge is -2.26. The van der Waals surface area contributed by atoms with Crippen molar-refractivity contribution < 1.29 is 0 Å². The van der Waals surface area contributed by atoms with Gasteiger partial charge in [0.1, 0.15) is 0 Å². The summed E-state index contributed by atoms with van der Waals surface area (Å²) in [6.07, 6.45) is 0. The zero-order valence-electron chi connectivity index (χ0n) is 54.2. The molecule has 0 aliphatic heterocycles. The molecule has 19 rings (SSSR count). The number of hydrogen-bond acceptors (Lipinski definition) is 2. The van der Waals surface area contributed by atoms with Gasteiger partial charge in [-0.3, -0.25) is 0 Å². The topological polar surface area (TPSA) is 26.2 Å². The zero-order chi connectivity index (χ0) is 65.0. The average Bonchev–Trinajstić information content (AvgIpc) is 1.62. The molecule has 0 fully saturated rings. The summed E-state index contributed by atoms with van der Waals surface area (Å²) in [6.45, 7) is 4.31. The fourth-order valence-electron chi connectivity index (χ4n) is 15.3. The summed E-state index contributed by atoms with van der Waals surface area (Å²) in [5, 5.41) is 12.0. The number of hydrogen-bond donors (Lipinski definition) is 0. The highest BCUT2D eigenvalue weighted by molar-refractivity contribution is 6.12. The standard InChI is InChI=1S/C92H64N6/c1-61-29-37-73(38-30-61)93(79-49-51-87-83(59-79)81-25-13-15-27-85(81)95(87)71-21-5-3-6-22-71)75-41-45-77(46-42-75)97-89(67-35-33-63-17-9-11-19-65(63)53-67)55-69-58-92-70(57-91(69)97)56-90(68-36-34-64-18-10-12-20-66(64)54-68)98(92)78-47-43-76(44-48-78)94(74-39-31-62(2)32-40-74)80-50-52-88-84(60-80)82-26-14-16-28-86(82)96(88)72-23-7-4-8-24-72/h3-60H,1-2H3. The Morgan fingerprint density at radius 1 is 0.194 bits per heavy atom. The van der Waals surface area contributed by atoms with E-state index >= 15 is 0 Å². The van der Waals surface area contributed by atoms with Crippen LogP contribution in [0.1, 0.15) is 11.1 Å². The normalized spacial score (nSPS) is 11.8. The molecule has 6 nitrogen and oxygen atoms in total. The van der Waals surface area contributed by atoms with Crippen LogP contribution in [0.25, 0.3) is 132 Å². The van der Waals surface area contributed by atoms with Crippen molar-refractivity contribution >= 4 is 121 Å². The predicted octanol–water partition coefficient (Wildman–Crippen LogP) is 25.0. The van der Waals surface area contributed by atoms with Crippen LogP contribution >= 0.6 is 0 Å². The molecule has 0 aliphatic rings. The molecule has 462 valence electrons. The van der Waals surface area contributed by atoms with Crippen molar-refractivity contribution in [2.24, 2.45) is 0 Å². The second kappa shape index (κ2) is 22.9. The number of para-hydroxylation sites is 4. The Morgan fingerprint density at radius 2 is 0.520 bits per heavy atom. The molecule has 0 radical (unpaired) electrons. The third kappa shape index (κ3) is 9.48. The third-order valence-electron chi connectivity index (χ3n) is 20.0. The summed E-state index contributed by atoms with van der Waals surface area (Å²) in [5.74, 6) is 0. The number of aromatic nitrogens is 4. The summed E-state index contributed by atoms with van der Waals surface area (Å²) < 4.78 is 9.71. The van der Waals surface area contributed by atoms with Crippen molar-refractivity contribution in [3.05, 3.63) is 363 Å². The number of fused-ring (bicyclic) bond motifs is 10. The van der Waals surface area contributed by atoms with E-state index in [0.717, 1.165) is 101 Å². The van der Waals surface area contributed by atoms with Gasteiger partial charge in [-0.05, 0) is 229 Å². The van der Waals surface area contributed by atoms with Gasteiger partial charge in [-0.2, -0.15) is 0 Å². The maximum atomic E-state index is 2.47. The highest BCUT2D eigenvalue weighted by Gasteiger charge is 2.24. The van der Waals surface area contributed by atoms with Gasteiger partial charge in [-0.15, -0.1) is 0 Å². The fraction of sp³-hybridized carbons (Fsp3) is 0.0217. The quantitative estimate of drug-likeness (QED) is 0.122. The Hall–Kier alpha value is -12.9. The van der Waals surface area contributed by atoms with Crippen LogP contribution in [-0.2, 0) is 0 Å². The molecule has 15 aromatic carbocycles. The first kappa shape index (κ1) is 56.6. The van der Waals surface area contributed by atoms with E-state index in [0.29, 0.717) is 0 Å². The van der Waals surface area contributed by atoms with Gasteiger partial charge >= 0.3 is 0 Å². The lowest BCUT2D eigenvalue weighted by atomic mass is 10.0. The van der Waals surface area contributed by atoms with Crippen LogP contribution < -0.4 is 9.80 Å². The van der Waals surface area contributed by atoms with Gasteiger partial charge in [0.05, 0.1) is 44.5 Å². The average molecular weight is 1250 g/mol. The van der Waals surface area contributed by atoms with Crippen LogP contribution in [0.2, 0.25) is 0 Å². The van der Waals surface area contributed by atoms with Gasteiger partial charge in [0.15, 0.2) is 0 Å². The van der Waals surface area contributed by atoms with Crippen LogP contribution in [0, 0.1) is 13.8 Å². The van der Waals surface area contributed by atoms with E-state index in [9.17, 15) is 0 Å². The molecule has 0 atom stereocenters. The van der Waals surface area contributed by atoms with Crippen molar-refractivity contribution in [1.29, 1.82) is 0 Å². The SMILES string of the molecule is Cc1ccc(N(c2ccc(-n3c(-c4ccc5ccccc5c4)cc4cc5c(cc(-c6ccc7ccccc7c6)n5-c5ccc(N(c6ccc(C)cc6)c6ccc7c(c6)c6ccccc6n7-c6ccccc6)cc5)cc43)cc2)c2ccc3c(c2)c2ccccc2n3-c2ccccc2)cc1. The molecular formula is C92H64N6. The first-order valence-corrected chi connectivity index (χ1v) is 33.7. The molecule has 0 amide bonds. The van der Waals surface area contributed by atoms with Crippen LogP contribution in [0.4, 0.5) is 34.1 Å². The summed E-state index contributed by atoms with van der Waals surface area (Å²) in [4.78, 5) is 4.79. The van der Waals surface area contributed by atoms with E-state index < -0.39 is 0 Å². The first-order chi connectivity index (χ1) is 48.4. The Morgan fingerprint density at radius 3 is 0.929 bits per heavy atom. The third-order valence-corrected chi connectivity index (χ3v) is 20.0. The van der Waals surface area contributed by atoms with E-state index in [1.54, 1.807) is 0 Å². The number of nitrogens with zero attached hydrogens (tertiary/aromatic N) is 6. The number of benzene rings is 15. The molecule has 0 saturated heterocycles. The molecule has 0 unspecified atom stereocenters. The second-order valence-corrected chi connectivity index (χ2v) is 26.0. The summed E-state index contributed by atoms with van der Waals surface area (Å²) in [7, 11) is 0. The smallest absolute Gasteiger partial charge is 0.0542 e. The lowest BCUT2D eigenvalue weighted by molar-refractivity contribution is 1.13. The van der Waals surface area contributed by atoms with Gasteiger partial charge in [0, 0.05) is 89.2 Å². The molecule has 98 heavy (non-hydrogen) atoms. The van der Waals surface area contributed by atoms with Crippen molar-refractivity contribution in [3.8, 4) is 45.3 Å². The maximum Gasteiger partial charge on any atom is 0.0542 e. The molecule has 0 aliphatic carbocycles. The summed E-state index contributed by atoms with van der Waals surface area (Å²) >= 11 is 0. The first-order valence-electron chi connectivity index (χ1n) is 33.7. The highest BCUT2D eigenvalue weighted by Crippen LogP contribution is 2.45. The van der Waals surface area contributed by atoms with Crippen molar-refractivity contribution in [2.45, 2.75) is 13.8 Å². The molecule has 19 aromatic rings. The zero-order valence-corrected chi connectivity index (χ0v) is 54.2. The monoisotopic (exact) mass is 1250 g/mol.